The number of rotatable bonds is 6. The number of hydrogen-bond donors (Lipinski definition) is 1. The first-order chi connectivity index (χ1) is 9.57. The van der Waals surface area contributed by atoms with Crippen molar-refractivity contribution in [1.29, 1.82) is 0 Å². The molecule has 0 aliphatic carbocycles. The minimum atomic E-state index is 0.0195. The minimum absolute atomic E-state index is 0.0195. The molecular formula is C16H24BrN3. The second-order valence-corrected chi connectivity index (χ2v) is 6.71. The maximum absolute atomic E-state index is 6.12. The SMILES string of the molecule is CCCCCCC1(C)CN=C(N)N1c1ccc(Br)cc1. The molecule has 4 heteroatoms. The maximum atomic E-state index is 6.12. The molecule has 0 spiro atoms. The average molecular weight is 338 g/mol. The molecule has 1 heterocycles. The molecule has 3 nitrogen and oxygen atoms in total. The van der Waals surface area contributed by atoms with Crippen molar-refractivity contribution in [3.63, 3.8) is 0 Å². The number of aliphatic imine (C=N–C) groups is 1. The van der Waals surface area contributed by atoms with Crippen molar-refractivity contribution in [1.82, 2.24) is 0 Å². The quantitative estimate of drug-likeness (QED) is 0.785. The van der Waals surface area contributed by atoms with Gasteiger partial charge in [-0.3, -0.25) is 4.99 Å². The van der Waals surface area contributed by atoms with Gasteiger partial charge in [0.1, 0.15) is 0 Å². The van der Waals surface area contributed by atoms with Gasteiger partial charge in [0.15, 0.2) is 5.96 Å². The summed E-state index contributed by atoms with van der Waals surface area (Å²) in [5, 5.41) is 0. The zero-order valence-corrected chi connectivity index (χ0v) is 14.0. The molecule has 0 fully saturated rings. The lowest BCUT2D eigenvalue weighted by Gasteiger charge is -2.36. The van der Waals surface area contributed by atoms with Crippen LogP contribution in [0.15, 0.2) is 33.7 Å². The van der Waals surface area contributed by atoms with Gasteiger partial charge in [-0.05, 0) is 37.6 Å². The minimum Gasteiger partial charge on any atom is -0.369 e. The molecule has 2 rings (SSSR count). The molecule has 0 amide bonds. The third-order valence-electron chi connectivity index (χ3n) is 4.00. The molecule has 1 aromatic rings. The molecule has 1 atom stereocenters. The number of halogens is 1. The van der Waals surface area contributed by atoms with Gasteiger partial charge in [0.25, 0.3) is 0 Å². The summed E-state index contributed by atoms with van der Waals surface area (Å²) in [6.07, 6.45) is 6.24. The number of nitrogens with zero attached hydrogens (tertiary/aromatic N) is 2. The number of unbranched alkanes of at least 4 members (excludes halogenated alkanes) is 3. The summed E-state index contributed by atoms with van der Waals surface area (Å²) in [6.45, 7) is 5.30. The summed E-state index contributed by atoms with van der Waals surface area (Å²) in [4.78, 5) is 6.68. The lowest BCUT2D eigenvalue weighted by molar-refractivity contribution is 0.435. The van der Waals surface area contributed by atoms with Crippen LogP contribution in [-0.2, 0) is 0 Å². The normalized spacial score (nSPS) is 22.1. The van der Waals surface area contributed by atoms with Gasteiger partial charge in [-0.25, -0.2) is 0 Å². The highest BCUT2D eigenvalue weighted by molar-refractivity contribution is 9.10. The van der Waals surface area contributed by atoms with Crippen LogP contribution in [0.4, 0.5) is 5.69 Å². The topological polar surface area (TPSA) is 41.6 Å². The molecule has 110 valence electrons. The number of anilines is 1. The third-order valence-corrected chi connectivity index (χ3v) is 4.53. The van der Waals surface area contributed by atoms with Gasteiger partial charge < -0.3 is 10.6 Å². The van der Waals surface area contributed by atoms with Crippen LogP contribution in [0.3, 0.4) is 0 Å². The number of benzene rings is 1. The zero-order valence-electron chi connectivity index (χ0n) is 12.4. The van der Waals surface area contributed by atoms with E-state index in [1.807, 2.05) is 0 Å². The Morgan fingerprint density at radius 3 is 2.60 bits per heavy atom. The first kappa shape index (κ1) is 15.4. The van der Waals surface area contributed by atoms with E-state index in [2.05, 4.69) is 63.9 Å². The highest BCUT2D eigenvalue weighted by atomic mass is 79.9. The van der Waals surface area contributed by atoms with Crippen LogP contribution < -0.4 is 10.6 Å². The molecule has 1 unspecified atom stereocenters. The molecule has 0 saturated heterocycles. The molecule has 1 aliphatic rings. The summed E-state index contributed by atoms with van der Waals surface area (Å²) in [5.41, 5.74) is 7.27. The van der Waals surface area contributed by atoms with Crippen molar-refractivity contribution in [2.24, 2.45) is 10.7 Å². The lowest BCUT2D eigenvalue weighted by Crippen LogP contribution is -2.49. The Morgan fingerprint density at radius 1 is 1.25 bits per heavy atom. The monoisotopic (exact) mass is 337 g/mol. The Labute approximate surface area is 130 Å². The fourth-order valence-electron chi connectivity index (χ4n) is 2.83. The van der Waals surface area contributed by atoms with Crippen LogP contribution >= 0.6 is 15.9 Å². The zero-order chi connectivity index (χ0) is 14.6. The number of hydrogen-bond acceptors (Lipinski definition) is 3. The van der Waals surface area contributed by atoms with Gasteiger partial charge in [-0.15, -0.1) is 0 Å². The van der Waals surface area contributed by atoms with Crippen molar-refractivity contribution in [2.45, 2.75) is 51.5 Å². The summed E-state index contributed by atoms with van der Waals surface area (Å²) >= 11 is 3.48. The van der Waals surface area contributed by atoms with Gasteiger partial charge in [0.2, 0.25) is 0 Å². The molecule has 0 bridgehead atoms. The fourth-order valence-corrected chi connectivity index (χ4v) is 3.09. The van der Waals surface area contributed by atoms with Crippen LogP contribution in [0.5, 0.6) is 0 Å². The van der Waals surface area contributed by atoms with E-state index < -0.39 is 0 Å². The summed E-state index contributed by atoms with van der Waals surface area (Å²) in [5.74, 6) is 0.644. The summed E-state index contributed by atoms with van der Waals surface area (Å²) in [7, 11) is 0. The van der Waals surface area contributed by atoms with Crippen LogP contribution in [0.1, 0.15) is 46.0 Å². The van der Waals surface area contributed by atoms with Gasteiger partial charge in [0, 0.05) is 10.2 Å². The van der Waals surface area contributed by atoms with Crippen molar-refractivity contribution in [2.75, 3.05) is 11.4 Å². The molecule has 0 radical (unpaired) electrons. The average Bonchev–Trinajstić information content (AvgIpc) is 2.73. The van der Waals surface area contributed by atoms with Crippen LogP contribution in [0.25, 0.3) is 0 Å². The van der Waals surface area contributed by atoms with Gasteiger partial charge in [-0.2, -0.15) is 0 Å². The molecule has 2 N–H and O–H groups in total. The van der Waals surface area contributed by atoms with Crippen molar-refractivity contribution in [3.8, 4) is 0 Å². The summed E-state index contributed by atoms with van der Waals surface area (Å²) < 4.78 is 1.08. The van der Waals surface area contributed by atoms with Crippen LogP contribution in [0, 0.1) is 0 Å². The van der Waals surface area contributed by atoms with E-state index >= 15 is 0 Å². The van der Waals surface area contributed by atoms with E-state index in [9.17, 15) is 0 Å². The Bertz CT molecular complexity index is 469. The van der Waals surface area contributed by atoms with E-state index in [4.69, 9.17) is 5.73 Å². The first-order valence-electron chi connectivity index (χ1n) is 7.42. The predicted octanol–water partition coefficient (Wildman–Crippen LogP) is 4.31. The molecule has 20 heavy (non-hydrogen) atoms. The van der Waals surface area contributed by atoms with Gasteiger partial charge in [0.05, 0.1) is 12.1 Å². The van der Waals surface area contributed by atoms with E-state index in [1.165, 1.54) is 25.7 Å². The molecule has 1 aromatic carbocycles. The largest absolute Gasteiger partial charge is 0.369 e. The molecular weight excluding hydrogens is 314 g/mol. The summed E-state index contributed by atoms with van der Waals surface area (Å²) in [6, 6.07) is 8.31. The fraction of sp³-hybridized carbons (Fsp3) is 0.562. The smallest absolute Gasteiger partial charge is 0.196 e. The Kier molecular flexibility index (Phi) is 5.08. The van der Waals surface area contributed by atoms with Crippen LogP contribution in [0.2, 0.25) is 0 Å². The second-order valence-electron chi connectivity index (χ2n) is 5.79. The number of guanidine groups is 1. The molecule has 0 saturated carbocycles. The highest BCUT2D eigenvalue weighted by Gasteiger charge is 2.38. The van der Waals surface area contributed by atoms with E-state index in [0.717, 1.165) is 23.1 Å². The highest BCUT2D eigenvalue weighted by Crippen LogP contribution is 2.33. The van der Waals surface area contributed by atoms with E-state index in [0.29, 0.717) is 5.96 Å². The molecule has 0 aromatic heterocycles. The first-order valence-corrected chi connectivity index (χ1v) is 8.22. The Hall–Kier alpha value is -1.03. The van der Waals surface area contributed by atoms with Gasteiger partial charge >= 0.3 is 0 Å². The maximum Gasteiger partial charge on any atom is 0.196 e. The van der Waals surface area contributed by atoms with Gasteiger partial charge in [-0.1, -0.05) is 48.5 Å². The predicted molar refractivity (Wildman–Crippen MR) is 90.3 cm³/mol. The molecule has 1 aliphatic heterocycles. The van der Waals surface area contributed by atoms with Crippen molar-refractivity contribution >= 4 is 27.6 Å². The Morgan fingerprint density at radius 2 is 1.95 bits per heavy atom. The second kappa shape index (κ2) is 6.61. The van der Waals surface area contributed by atoms with Crippen molar-refractivity contribution < 1.29 is 0 Å². The van der Waals surface area contributed by atoms with E-state index in [-0.39, 0.29) is 5.54 Å². The van der Waals surface area contributed by atoms with E-state index in [1.54, 1.807) is 0 Å². The van der Waals surface area contributed by atoms with Crippen LogP contribution in [-0.4, -0.2) is 18.0 Å². The Balaban J connectivity index is 2.10. The number of nitrogens with two attached hydrogens (primary N) is 1. The van der Waals surface area contributed by atoms with Crippen molar-refractivity contribution in [3.05, 3.63) is 28.7 Å². The third kappa shape index (κ3) is 3.35. The lowest BCUT2D eigenvalue weighted by atomic mass is 9.92. The standard InChI is InChI=1S/C16H24BrN3/c1-3-4-5-6-11-16(2)12-19-15(18)20(16)14-9-7-13(17)8-10-14/h7-10H,3-6,11-12H2,1-2H3,(H2,18,19).